The lowest BCUT2D eigenvalue weighted by Crippen LogP contribution is -2.22. The zero-order valence-corrected chi connectivity index (χ0v) is 9.93. The summed E-state index contributed by atoms with van der Waals surface area (Å²) in [5.41, 5.74) is 1.62. The number of nitrogens with zero attached hydrogens (tertiary/aromatic N) is 3. The van der Waals surface area contributed by atoms with Crippen LogP contribution >= 0.6 is 11.6 Å². The lowest BCUT2D eigenvalue weighted by Gasteiger charge is -2.16. The molecule has 1 aromatic heterocycles. The van der Waals surface area contributed by atoms with Gasteiger partial charge in [0.15, 0.2) is 0 Å². The Balaban J connectivity index is 1.99. The standard InChI is InChI=1S/C12H12ClN3O/c13-8-1-2-10-11(5-8)14-6-12(15-10)16-4-3-9(17)7-16/h1-2,5-6,9,17H,3-4,7H2. The van der Waals surface area contributed by atoms with E-state index < -0.39 is 0 Å². The van der Waals surface area contributed by atoms with Gasteiger partial charge in [0, 0.05) is 18.1 Å². The van der Waals surface area contributed by atoms with Crippen molar-refractivity contribution in [3.8, 4) is 0 Å². The highest BCUT2D eigenvalue weighted by molar-refractivity contribution is 6.31. The average Bonchev–Trinajstić information content (AvgIpc) is 2.75. The van der Waals surface area contributed by atoms with E-state index in [9.17, 15) is 5.11 Å². The molecule has 1 N–H and O–H groups in total. The van der Waals surface area contributed by atoms with Crippen LogP contribution in [0.5, 0.6) is 0 Å². The second kappa shape index (κ2) is 4.13. The van der Waals surface area contributed by atoms with E-state index in [4.69, 9.17) is 11.6 Å². The molecule has 5 heteroatoms. The number of anilines is 1. The number of aliphatic hydroxyl groups excluding tert-OH is 1. The second-order valence-electron chi connectivity index (χ2n) is 4.25. The number of benzene rings is 1. The predicted molar refractivity (Wildman–Crippen MR) is 67.4 cm³/mol. The van der Waals surface area contributed by atoms with Crippen molar-refractivity contribution in [2.45, 2.75) is 12.5 Å². The molecule has 0 amide bonds. The number of halogens is 1. The highest BCUT2D eigenvalue weighted by Crippen LogP contribution is 2.21. The average molecular weight is 250 g/mol. The van der Waals surface area contributed by atoms with E-state index in [2.05, 4.69) is 9.97 Å². The molecule has 1 saturated heterocycles. The number of rotatable bonds is 1. The lowest BCUT2D eigenvalue weighted by atomic mass is 10.3. The van der Waals surface area contributed by atoms with E-state index in [1.807, 2.05) is 11.0 Å². The number of hydrogen-bond acceptors (Lipinski definition) is 4. The monoisotopic (exact) mass is 249 g/mol. The van der Waals surface area contributed by atoms with E-state index in [0.29, 0.717) is 11.6 Å². The molecule has 1 aliphatic rings. The molecule has 4 nitrogen and oxygen atoms in total. The number of β-amino-alcohol motifs (C(OH)–C–C–N with tert-alkyl or cyclic N) is 1. The van der Waals surface area contributed by atoms with E-state index in [1.54, 1.807) is 18.3 Å². The Labute approximate surface area is 104 Å². The molecule has 1 aliphatic heterocycles. The molecule has 0 bridgehead atoms. The highest BCUT2D eigenvalue weighted by atomic mass is 35.5. The van der Waals surface area contributed by atoms with Gasteiger partial charge in [-0.1, -0.05) is 11.6 Å². The Morgan fingerprint density at radius 2 is 2.24 bits per heavy atom. The maximum absolute atomic E-state index is 9.50. The Morgan fingerprint density at radius 1 is 1.35 bits per heavy atom. The predicted octanol–water partition coefficient (Wildman–Crippen LogP) is 1.85. The Hall–Kier alpha value is -1.39. The first-order valence-corrected chi connectivity index (χ1v) is 5.95. The van der Waals surface area contributed by atoms with Gasteiger partial charge in [-0.15, -0.1) is 0 Å². The molecule has 1 aromatic carbocycles. The smallest absolute Gasteiger partial charge is 0.147 e. The second-order valence-corrected chi connectivity index (χ2v) is 4.69. The summed E-state index contributed by atoms with van der Waals surface area (Å²) in [6.45, 7) is 1.46. The van der Waals surface area contributed by atoms with Gasteiger partial charge in [-0.3, -0.25) is 4.98 Å². The van der Waals surface area contributed by atoms with Gasteiger partial charge in [-0.2, -0.15) is 0 Å². The Morgan fingerprint density at radius 3 is 3.00 bits per heavy atom. The number of aliphatic hydroxyl groups is 1. The van der Waals surface area contributed by atoms with Crippen molar-refractivity contribution in [1.82, 2.24) is 9.97 Å². The van der Waals surface area contributed by atoms with Crippen LogP contribution in [0.3, 0.4) is 0 Å². The Kier molecular flexibility index (Phi) is 2.61. The molecule has 2 heterocycles. The van der Waals surface area contributed by atoms with Crippen molar-refractivity contribution in [2.24, 2.45) is 0 Å². The topological polar surface area (TPSA) is 49.2 Å². The van der Waals surface area contributed by atoms with Gasteiger partial charge in [0.1, 0.15) is 5.82 Å². The van der Waals surface area contributed by atoms with Crippen LogP contribution in [-0.2, 0) is 0 Å². The number of hydrogen-bond donors (Lipinski definition) is 1. The summed E-state index contributed by atoms with van der Waals surface area (Å²) < 4.78 is 0. The van der Waals surface area contributed by atoms with Gasteiger partial charge >= 0.3 is 0 Å². The summed E-state index contributed by atoms with van der Waals surface area (Å²) in [4.78, 5) is 10.9. The summed E-state index contributed by atoms with van der Waals surface area (Å²) in [5.74, 6) is 0.816. The molecule has 1 atom stereocenters. The van der Waals surface area contributed by atoms with E-state index >= 15 is 0 Å². The molecule has 2 aromatic rings. The van der Waals surface area contributed by atoms with Crippen LogP contribution in [0.2, 0.25) is 5.02 Å². The minimum absolute atomic E-state index is 0.252. The van der Waals surface area contributed by atoms with Gasteiger partial charge < -0.3 is 10.0 Å². The summed E-state index contributed by atoms with van der Waals surface area (Å²) in [7, 11) is 0. The quantitative estimate of drug-likeness (QED) is 0.838. The summed E-state index contributed by atoms with van der Waals surface area (Å²) >= 11 is 5.89. The highest BCUT2D eigenvalue weighted by Gasteiger charge is 2.21. The molecule has 3 rings (SSSR count). The maximum Gasteiger partial charge on any atom is 0.147 e. The van der Waals surface area contributed by atoms with Gasteiger partial charge in [-0.25, -0.2) is 4.98 Å². The number of fused-ring (bicyclic) bond motifs is 1. The Bertz CT molecular complexity index is 560. The van der Waals surface area contributed by atoms with Crippen molar-refractivity contribution in [1.29, 1.82) is 0 Å². The van der Waals surface area contributed by atoms with Crippen molar-refractivity contribution >= 4 is 28.5 Å². The molecular weight excluding hydrogens is 238 g/mol. The minimum atomic E-state index is -0.252. The summed E-state index contributed by atoms with van der Waals surface area (Å²) in [6, 6.07) is 5.47. The fourth-order valence-electron chi connectivity index (χ4n) is 2.08. The summed E-state index contributed by atoms with van der Waals surface area (Å²) in [6.07, 6.45) is 2.27. The fraction of sp³-hybridized carbons (Fsp3) is 0.333. The van der Waals surface area contributed by atoms with Crippen molar-refractivity contribution in [3.05, 3.63) is 29.4 Å². The fourth-order valence-corrected chi connectivity index (χ4v) is 2.24. The third kappa shape index (κ3) is 2.06. The molecule has 88 valence electrons. The van der Waals surface area contributed by atoms with Crippen LogP contribution < -0.4 is 4.90 Å². The van der Waals surface area contributed by atoms with Gasteiger partial charge in [0.05, 0.1) is 23.3 Å². The van der Waals surface area contributed by atoms with E-state index in [1.165, 1.54) is 0 Å². The van der Waals surface area contributed by atoms with Crippen LogP contribution in [-0.4, -0.2) is 34.3 Å². The zero-order valence-electron chi connectivity index (χ0n) is 9.17. The van der Waals surface area contributed by atoms with Gasteiger partial charge in [-0.05, 0) is 24.6 Å². The van der Waals surface area contributed by atoms with Crippen molar-refractivity contribution in [3.63, 3.8) is 0 Å². The SMILES string of the molecule is OC1CCN(c2cnc3cc(Cl)ccc3n2)C1. The number of aromatic nitrogens is 2. The van der Waals surface area contributed by atoms with E-state index in [0.717, 1.165) is 29.8 Å². The van der Waals surface area contributed by atoms with Crippen LogP contribution in [0.4, 0.5) is 5.82 Å². The normalized spacial score (nSPS) is 20.1. The van der Waals surface area contributed by atoms with Crippen LogP contribution in [0.15, 0.2) is 24.4 Å². The van der Waals surface area contributed by atoms with Gasteiger partial charge in [0.25, 0.3) is 0 Å². The van der Waals surface area contributed by atoms with E-state index in [-0.39, 0.29) is 6.10 Å². The molecule has 1 fully saturated rings. The maximum atomic E-state index is 9.50. The summed E-state index contributed by atoms with van der Waals surface area (Å²) in [5, 5.41) is 10.2. The molecule has 0 radical (unpaired) electrons. The molecule has 0 spiro atoms. The van der Waals surface area contributed by atoms with Crippen LogP contribution in [0, 0.1) is 0 Å². The minimum Gasteiger partial charge on any atom is -0.391 e. The largest absolute Gasteiger partial charge is 0.391 e. The molecule has 0 aliphatic carbocycles. The van der Waals surface area contributed by atoms with Crippen molar-refractivity contribution in [2.75, 3.05) is 18.0 Å². The molecular formula is C12H12ClN3O. The zero-order chi connectivity index (χ0) is 11.8. The first-order chi connectivity index (χ1) is 8.22. The van der Waals surface area contributed by atoms with Gasteiger partial charge in [0.2, 0.25) is 0 Å². The first kappa shape index (κ1) is 10.7. The molecule has 1 unspecified atom stereocenters. The van der Waals surface area contributed by atoms with Crippen molar-refractivity contribution < 1.29 is 5.11 Å². The molecule has 0 saturated carbocycles. The molecule has 17 heavy (non-hydrogen) atoms. The van der Waals surface area contributed by atoms with Crippen LogP contribution in [0.1, 0.15) is 6.42 Å². The lowest BCUT2D eigenvalue weighted by molar-refractivity contribution is 0.198. The third-order valence-corrected chi connectivity index (χ3v) is 3.21. The third-order valence-electron chi connectivity index (χ3n) is 2.98. The van der Waals surface area contributed by atoms with Crippen LogP contribution in [0.25, 0.3) is 11.0 Å². The first-order valence-electron chi connectivity index (χ1n) is 5.58.